The summed E-state index contributed by atoms with van der Waals surface area (Å²) in [6, 6.07) is 15.7. The number of amides is 1. The number of aromatic nitrogens is 3. The van der Waals surface area contributed by atoms with E-state index in [-0.39, 0.29) is 11.9 Å². The zero-order chi connectivity index (χ0) is 19.5. The zero-order valence-corrected chi connectivity index (χ0v) is 16.4. The monoisotopic (exact) mass is 395 g/mol. The third kappa shape index (κ3) is 3.79. The number of piperazine rings is 1. The number of halogens is 1. The molecule has 3 aromatic rings. The fourth-order valence-corrected chi connectivity index (χ4v) is 3.94. The first-order chi connectivity index (χ1) is 13.6. The minimum atomic E-state index is 0.0476. The molecule has 2 heterocycles. The standard InChI is InChI=1S/C21H22ClN5O/c1-15(18-7-2-3-8-19(18)22)26-9-11-27(12-10-26)21(28)17-6-4-5-16(13-17)20-23-14-24-25-20/h2-8,13-15H,9-12H2,1H3,(H,23,24,25). The normalized spacial score (nSPS) is 16.1. The van der Waals surface area contributed by atoms with Crippen LogP contribution in [0.2, 0.25) is 5.02 Å². The van der Waals surface area contributed by atoms with E-state index in [1.807, 2.05) is 47.4 Å². The van der Waals surface area contributed by atoms with Crippen molar-refractivity contribution in [2.75, 3.05) is 26.2 Å². The molecule has 1 fully saturated rings. The molecule has 1 saturated heterocycles. The van der Waals surface area contributed by atoms with E-state index in [1.54, 1.807) is 0 Å². The van der Waals surface area contributed by atoms with Gasteiger partial charge < -0.3 is 4.90 Å². The Morgan fingerprint density at radius 3 is 2.61 bits per heavy atom. The second kappa shape index (κ2) is 8.12. The van der Waals surface area contributed by atoms with Crippen LogP contribution < -0.4 is 0 Å². The van der Waals surface area contributed by atoms with Gasteiger partial charge in [0.2, 0.25) is 0 Å². The molecule has 1 aliphatic rings. The largest absolute Gasteiger partial charge is 0.336 e. The van der Waals surface area contributed by atoms with Gasteiger partial charge >= 0.3 is 0 Å². The van der Waals surface area contributed by atoms with Crippen molar-refractivity contribution in [2.45, 2.75) is 13.0 Å². The minimum Gasteiger partial charge on any atom is -0.336 e. The first kappa shape index (κ1) is 18.7. The number of benzene rings is 2. The summed E-state index contributed by atoms with van der Waals surface area (Å²) in [4.78, 5) is 21.4. The summed E-state index contributed by atoms with van der Waals surface area (Å²) in [7, 11) is 0. The van der Waals surface area contributed by atoms with Crippen LogP contribution in [0.5, 0.6) is 0 Å². The zero-order valence-electron chi connectivity index (χ0n) is 15.7. The Balaban J connectivity index is 1.42. The second-order valence-electron chi connectivity index (χ2n) is 6.94. The predicted molar refractivity (Wildman–Crippen MR) is 109 cm³/mol. The lowest BCUT2D eigenvalue weighted by Crippen LogP contribution is -2.49. The quantitative estimate of drug-likeness (QED) is 0.732. The lowest BCUT2D eigenvalue weighted by atomic mass is 10.1. The maximum atomic E-state index is 13.0. The van der Waals surface area contributed by atoms with Crippen molar-refractivity contribution in [3.63, 3.8) is 0 Å². The van der Waals surface area contributed by atoms with Crippen molar-refractivity contribution in [3.05, 3.63) is 71.0 Å². The topological polar surface area (TPSA) is 65.1 Å². The lowest BCUT2D eigenvalue weighted by Gasteiger charge is -2.38. The molecule has 2 aromatic carbocycles. The highest BCUT2D eigenvalue weighted by Crippen LogP contribution is 2.28. The van der Waals surface area contributed by atoms with Gasteiger partial charge in [-0.15, -0.1) is 0 Å². The van der Waals surface area contributed by atoms with E-state index in [0.29, 0.717) is 24.5 Å². The summed E-state index contributed by atoms with van der Waals surface area (Å²) in [5.74, 6) is 0.708. The molecule has 28 heavy (non-hydrogen) atoms. The number of nitrogens with one attached hydrogen (secondary N) is 1. The van der Waals surface area contributed by atoms with E-state index in [1.165, 1.54) is 6.33 Å². The first-order valence-electron chi connectivity index (χ1n) is 9.37. The molecule has 1 unspecified atom stereocenters. The Kier molecular flexibility index (Phi) is 5.41. The molecule has 0 spiro atoms. The molecular weight excluding hydrogens is 374 g/mol. The molecule has 0 radical (unpaired) electrons. The summed E-state index contributed by atoms with van der Waals surface area (Å²) in [6.07, 6.45) is 1.46. The highest BCUT2D eigenvalue weighted by molar-refractivity contribution is 6.31. The van der Waals surface area contributed by atoms with Crippen LogP contribution in [0.1, 0.15) is 28.9 Å². The van der Waals surface area contributed by atoms with Crippen LogP contribution in [0.4, 0.5) is 0 Å². The molecule has 0 bridgehead atoms. The van der Waals surface area contributed by atoms with E-state index >= 15 is 0 Å². The maximum Gasteiger partial charge on any atom is 0.253 e. The summed E-state index contributed by atoms with van der Waals surface area (Å²) in [5.41, 5.74) is 2.65. The number of aromatic amines is 1. The van der Waals surface area contributed by atoms with Gasteiger partial charge in [-0.05, 0) is 30.7 Å². The number of hydrogen-bond donors (Lipinski definition) is 1. The van der Waals surface area contributed by atoms with Crippen molar-refractivity contribution >= 4 is 17.5 Å². The van der Waals surface area contributed by atoms with E-state index in [2.05, 4.69) is 33.1 Å². The van der Waals surface area contributed by atoms with Crippen LogP contribution in [-0.4, -0.2) is 57.1 Å². The molecule has 1 aromatic heterocycles. The fraction of sp³-hybridized carbons (Fsp3) is 0.286. The van der Waals surface area contributed by atoms with Crippen LogP contribution in [0.15, 0.2) is 54.9 Å². The molecule has 0 aliphatic carbocycles. The van der Waals surface area contributed by atoms with E-state index in [0.717, 1.165) is 29.2 Å². The average molecular weight is 396 g/mol. The van der Waals surface area contributed by atoms with Crippen molar-refractivity contribution in [1.82, 2.24) is 25.0 Å². The highest BCUT2D eigenvalue weighted by atomic mass is 35.5. The third-order valence-electron chi connectivity index (χ3n) is 5.30. The summed E-state index contributed by atoms with van der Waals surface area (Å²) in [5, 5.41) is 7.50. The minimum absolute atomic E-state index is 0.0476. The number of carbonyl (C=O) groups is 1. The first-order valence-corrected chi connectivity index (χ1v) is 9.75. The van der Waals surface area contributed by atoms with Gasteiger partial charge in [0.15, 0.2) is 5.82 Å². The van der Waals surface area contributed by atoms with Crippen LogP contribution in [0.25, 0.3) is 11.4 Å². The molecule has 0 saturated carbocycles. The predicted octanol–water partition coefficient (Wildman–Crippen LogP) is 3.64. The Hall–Kier alpha value is -2.70. The van der Waals surface area contributed by atoms with Gasteiger partial charge in [0.05, 0.1) is 0 Å². The molecule has 1 amide bonds. The Morgan fingerprint density at radius 1 is 1.11 bits per heavy atom. The Morgan fingerprint density at radius 2 is 1.89 bits per heavy atom. The smallest absolute Gasteiger partial charge is 0.253 e. The Labute approximate surface area is 169 Å². The van der Waals surface area contributed by atoms with Crippen molar-refractivity contribution < 1.29 is 4.79 Å². The number of rotatable bonds is 4. The molecule has 1 N–H and O–H groups in total. The van der Waals surface area contributed by atoms with Gasteiger partial charge in [0.1, 0.15) is 6.33 Å². The van der Waals surface area contributed by atoms with Gasteiger partial charge in [-0.1, -0.05) is 41.9 Å². The fourth-order valence-electron chi connectivity index (χ4n) is 3.65. The van der Waals surface area contributed by atoms with Crippen LogP contribution in [-0.2, 0) is 0 Å². The number of hydrogen-bond acceptors (Lipinski definition) is 4. The molecule has 1 atom stereocenters. The molecular formula is C21H22ClN5O. The third-order valence-corrected chi connectivity index (χ3v) is 5.65. The van der Waals surface area contributed by atoms with Crippen molar-refractivity contribution in [3.8, 4) is 11.4 Å². The van der Waals surface area contributed by atoms with E-state index in [4.69, 9.17) is 11.6 Å². The van der Waals surface area contributed by atoms with Gasteiger partial charge in [0.25, 0.3) is 5.91 Å². The van der Waals surface area contributed by atoms with Crippen molar-refractivity contribution in [2.24, 2.45) is 0 Å². The second-order valence-corrected chi connectivity index (χ2v) is 7.35. The average Bonchev–Trinajstić information content (AvgIpc) is 3.28. The summed E-state index contributed by atoms with van der Waals surface area (Å²) >= 11 is 6.35. The number of H-pyrrole nitrogens is 1. The summed E-state index contributed by atoms with van der Waals surface area (Å²) in [6.45, 7) is 5.19. The van der Waals surface area contributed by atoms with E-state index in [9.17, 15) is 4.79 Å². The van der Waals surface area contributed by atoms with Crippen molar-refractivity contribution in [1.29, 1.82) is 0 Å². The van der Waals surface area contributed by atoms with Gasteiger partial charge in [0, 0.05) is 48.4 Å². The molecule has 6 nitrogen and oxygen atoms in total. The highest BCUT2D eigenvalue weighted by Gasteiger charge is 2.26. The SMILES string of the molecule is CC(c1ccccc1Cl)N1CCN(C(=O)c2cccc(-c3ncn[nH]3)c2)CC1. The van der Waals surface area contributed by atoms with Crippen LogP contribution in [0, 0.1) is 0 Å². The van der Waals surface area contributed by atoms with Crippen LogP contribution in [0.3, 0.4) is 0 Å². The molecule has 1 aliphatic heterocycles. The van der Waals surface area contributed by atoms with E-state index < -0.39 is 0 Å². The molecule has 7 heteroatoms. The number of carbonyl (C=O) groups excluding carboxylic acids is 1. The Bertz CT molecular complexity index is 951. The van der Waals surface area contributed by atoms with Gasteiger partial charge in [-0.2, -0.15) is 5.10 Å². The molecule has 4 rings (SSSR count). The molecule has 144 valence electrons. The lowest BCUT2D eigenvalue weighted by molar-refractivity contribution is 0.0582. The van der Waals surface area contributed by atoms with Gasteiger partial charge in [-0.25, -0.2) is 4.98 Å². The summed E-state index contributed by atoms with van der Waals surface area (Å²) < 4.78 is 0. The maximum absolute atomic E-state index is 13.0. The number of nitrogens with zero attached hydrogens (tertiary/aromatic N) is 4. The van der Waals surface area contributed by atoms with Gasteiger partial charge in [-0.3, -0.25) is 14.8 Å². The van der Waals surface area contributed by atoms with Crippen LogP contribution >= 0.6 is 11.6 Å².